The van der Waals surface area contributed by atoms with Crippen molar-refractivity contribution in [3.8, 4) is 0 Å². The average Bonchev–Trinajstić information content (AvgIpc) is 2.27. The highest BCUT2D eigenvalue weighted by Crippen LogP contribution is 2.21. The van der Waals surface area contributed by atoms with E-state index in [4.69, 9.17) is 0 Å². The maximum Gasteiger partial charge on any atom is 0.0187 e. The highest BCUT2D eigenvalue weighted by molar-refractivity contribution is 7.99. The SMILES string of the molecule is CCNC(C)CC(C)SCc1cccc(C)c1. The topological polar surface area (TPSA) is 12.0 Å². The molecule has 0 aromatic heterocycles. The molecule has 1 aromatic carbocycles. The molecule has 0 fully saturated rings. The number of aryl methyl sites for hydroxylation is 1. The van der Waals surface area contributed by atoms with Crippen molar-refractivity contribution in [2.24, 2.45) is 0 Å². The first kappa shape index (κ1) is 14.6. The molecule has 0 bridgehead atoms. The van der Waals surface area contributed by atoms with Gasteiger partial charge in [-0.3, -0.25) is 0 Å². The van der Waals surface area contributed by atoms with E-state index in [0.29, 0.717) is 11.3 Å². The Labute approximate surface area is 110 Å². The summed E-state index contributed by atoms with van der Waals surface area (Å²) in [7, 11) is 0. The average molecular weight is 251 g/mol. The van der Waals surface area contributed by atoms with Crippen molar-refractivity contribution in [1.29, 1.82) is 0 Å². The molecule has 96 valence electrons. The third kappa shape index (κ3) is 6.13. The smallest absolute Gasteiger partial charge is 0.0187 e. The largest absolute Gasteiger partial charge is 0.314 e. The van der Waals surface area contributed by atoms with E-state index in [9.17, 15) is 0 Å². The molecular formula is C15H25NS. The molecule has 0 amide bonds. The van der Waals surface area contributed by atoms with Gasteiger partial charge in [0.2, 0.25) is 0 Å². The second-order valence-corrected chi connectivity index (χ2v) is 6.23. The number of rotatable bonds is 7. The summed E-state index contributed by atoms with van der Waals surface area (Å²) < 4.78 is 0. The Morgan fingerprint density at radius 3 is 2.71 bits per heavy atom. The van der Waals surface area contributed by atoms with Crippen molar-refractivity contribution < 1.29 is 0 Å². The predicted octanol–water partition coefficient (Wildman–Crippen LogP) is 4.00. The zero-order valence-corrected chi connectivity index (χ0v) is 12.3. The first-order valence-electron chi connectivity index (χ1n) is 6.52. The third-order valence-electron chi connectivity index (χ3n) is 2.86. The van der Waals surface area contributed by atoms with E-state index in [1.165, 1.54) is 17.5 Å². The van der Waals surface area contributed by atoms with Crippen LogP contribution in [0, 0.1) is 6.92 Å². The van der Waals surface area contributed by atoms with Crippen LogP contribution in [0.5, 0.6) is 0 Å². The summed E-state index contributed by atoms with van der Waals surface area (Å²) in [6.45, 7) is 9.99. The van der Waals surface area contributed by atoms with Crippen LogP contribution in [0.15, 0.2) is 24.3 Å². The zero-order chi connectivity index (χ0) is 12.7. The lowest BCUT2D eigenvalue weighted by molar-refractivity contribution is 0.530. The minimum Gasteiger partial charge on any atom is -0.314 e. The summed E-state index contributed by atoms with van der Waals surface area (Å²) in [4.78, 5) is 0. The molecule has 17 heavy (non-hydrogen) atoms. The van der Waals surface area contributed by atoms with Gasteiger partial charge in [-0.1, -0.05) is 43.7 Å². The van der Waals surface area contributed by atoms with Crippen LogP contribution in [-0.2, 0) is 5.75 Å². The van der Waals surface area contributed by atoms with Gasteiger partial charge in [-0.05, 0) is 32.4 Å². The van der Waals surface area contributed by atoms with Crippen LogP contribution in [0.2, 0.25) is 0 Å². The molecule has 0 aliphatic heterocycles. The van der Waals surface area contributed by atoms with E-state index in [-0.39, 0.29) is 0 Å². The Morgan fingerprint density at radius 1 is 1.29 bits per heavy atom. The van der Waals surface area contributed by atoms with E-state index in [0.717, 1.165) is 12.3 Å². The second-order valence-electron chi connectivity index (χ2n) is 4.81. The Balaban J connectivity index is 2.30. The minimum atomic E-state index is 0.625. The van der Waals surface area contributed by atoms with Gasteiger partial charge in [-0.25, -0.2) is 0 Å². The molecule has 1 nitrogen and oxygen atoms in total. The molecule has 2 atom stereocenters. The highest BCUT2D eigenvalue weighted by atomic mass is 32.2. The van der Waals surface area contributed by atoms with E-state index in [1.54, 1.807) is 0 Å². The highest BCUT2D eigenvalue weighted by Gasteiger charge is 2.08. The van der Waals surface area contributed by atoms with Gasteiger partial charge in [-0.15, -0.1) is 0 Å². The number of hydrogen-bond donors (Lipinski definition) is 1. The van der Waals surface area contributed by atoms with Crippen molar-refractivity contribution in [2.45, 2.75) is 51.2 Å². The number of nitrogens with one attached hydrogen (secondary N) is 1. The van der Waals surface area contributed by atoms with E-state index >= 15 is 0 Å². The lowest BCUT2D eigenvalue weighted by atomic mass is 10.2. The molecule has 1 rings (SSSR count). The second kappa shape index (κ2) is 7.78. The lowest BCUT2D eigenvalue weighted by Gasteiger charge is -2.17. The Kier molecular flexibility index (Phi) is 6.68. The predicted molar refractivity (Wildman–Crippen MR) is 79.7 cm³/mol. The van der Waals surface area contributed by atoms with Gasteiger partial charge in [0.05, 0.1) is 0 Å². The fourth-order valence-electron chi connectivity index (χ4n) is 2.04. The van der Waals surface area contributed by atoms with Crippen LogP contribution in [0.4, 0.5) is 0 Å². The Bertz CT molecular complexity index is 324. The molecule has 0 spiro atoms. The third-order valence-corrected chi connectivity index (χ3v) is 4.12. The van der Waals surface area contributed by atoms with Crippen LogP contribution in [-0.4, -0.2) is 17.8 Å². The normalized spacial score (nSPS) is 14.6. The van der Waals surface area contributed by atoms with E-state index in [2.05, 4.69) is 69.0 Å². The van der Waals surface area contributed by atoms with Gasteiger partial charge in [-0.2, -0.15) is 11.8 Å². The Hall–Kier alpha value is -0.470. The fourth-order valence-corrected chi connectivity index (χ4v) is 3.12. The number of benzene rings is 1. The van der Waals surface area contributed by atoms with Gasteiger partial charge in [0.15, 0.2) is 0 Å². The maximum atomic E-state index is 3.47. The van der Waals surface area contributed by atoms with Crippen LogP contribution < -0.4 is 5.32 Å². The van der Waals surface area contributed by atoms with Crippen LogP contribution in [0.1, 0.15) is 38.3 Å². The molecule has 0 radical (unpaired) electrons. The van der Waals surface area contributed by atoms with Gasteiger partial charge in [0.25, 0.3) is 0 Å². The van der Waals surface area contributed by atoms with Crippen LogP contribution in [0.25, 0.3) is 0 Å². The Morgan fingerprint density at radius 2 is 2.06 bits per heavy atom. The zero-order valence-electron chi connectivity index (χ0n) is 11.5. The molecule has 0 aliphatic carbocycles. The monoisotopic (exact) mass is 251 g/mol. The number of thioether (sulfide) groups is 1. The van der Waals surface area contributed by atoms with E-state index < -0.39 is 0 Å². The summed E-state index contributed by atoms with van der Waals surface area (Å²) in [5.41, 5.74) is 2.80. The lowest BCUT2D eigenvalue weighted by Crippen LogP contribution is -2.28. The van der Waals surface area contributed by atoms with Crippen molar-refractivity contribution in [3.63, 3.8) is 0 Å². The summed E-state index contributed by atoms with van der Waals surface area (Å²) in [6, 6.07) is 9.44. The first-order chi connectivity index (χ1) is 8.11. The van der Waals surface area contributed by atoms with Gasteiger partial charge < -0.3 is 5.32 Å². The summed E-state index contributed by atoms with van der Waals surface area (Å²) in [5, 5.41) is 4.18. The van der Waals surface area contributed by atoms with Crippen molar-refractivity contribution in [1.82, 2.24) is 5.32 Å². The standard InChI is InChI=1S/C15H25NS/c1-5-16-13(3)10-14(4)17-11-15-8-6-7-12(2)9-15/h6-9,13-14,16H,5,10-11H2,1-4H3. The van der Waals surface area contributed by atoms with Gasteiger partial charge in [0, 0.05) is 17.0 Å². The molecule has 2 heteroatoms. The molecular weight excluding hydrogens is 226 g/mol. The summed E-state index contributed by atoms with van der Waals surface area (Å²) in [5.74, 6) is 1.13. The maximum absolute atomic E-state index is 3.47. The van der Waals surface area contributed by atoms with Crippen LogP contribution >= 0.6 is 11.8 Å². The molecule has 1 N–H and O–H groups in total. The summed E-state index contributed by atoms with van der Waals surface area (Å²) >= 11 is 2.05. The summed E-state index contributed by atoms with van der Waals surface area (Å²) in [6.07, 6.45) is 1.24. The molecule has 1 aromatic rings. The van der Waals surface area contributed by atoms with Gasteiger partial charge in [0.1, 0.15) is 0 Å². The van der Waals surface area contributed by atoms with E-state index in [1.807, 2.05) is 0 Å². The molecule has 0 saturated carbocycles. The molecule has 0 saturated heterocycles. The molecule has 0 aliphatic rings. The minimum absolute atomic E-state index is 0.625. The van der Waals surface area contributed by atoms with Crippen molar-refractivity contribution in [3.05, 3.63) is 35.4 Å². The van der Waals surface area contributed by atoms with Gasteiger partial charge >= 0.3 is 0 Å². The van der Waals surface area contributed by atoms with Crippen molar-refractivity contribution >= 4 is 11.8 Å². The molecule has 0 heterocycles. The fraction of sp³-hybridized carbons (Fsp3) is 0.600. The van der Waals surface area contributed by atoms with Crippen LogP contribution in [0.3, 0.4) is 0 Å². The first-order valence-corrected chi connectivity index (χ1v) is 7.57. The number of hydrogen-bond acceptors (Lipinski definition) is 2. The van der Waals surface area contributed by atoms with Crippen molar-refractivity contribution in [2.75, 3.05) is 6.54 Å². The quantitative estimate of drug-likeness (QED) is 0.786. The molecule has 2 unspecified atom stereocenters.